The van der Waals surface area contributed by atoms with Gasteiger partial charge in [0.1, 0.15) is 5.03 Å². The molecule has 2 nitrogen and oxygen atoms in total. The molecule has 3 heteroatoms. The van der Waals surface area contributed by atoms with Crippen LogP contribution < -0.4 is 0 Å². The van der Waals surface area contributed by atoms with Crippen molar-refractivity contribution in [2.24, 2.45) is 5.92 Å². The van der Waals surface area contributed by atoms with Gasteiger partial charge in [-0.25, -0.2) is 4.79 Å². The lowest BCUT2D eigenvalue weighted by atomic mass is 10.1. The summed E-state index contributed by atoms with van der Waals surface area (Å²) in [7, 11) is 0. The number of esters is 1. The molecule has 0 rings (SSSR count). The van der Waals surface area contributed by atoms with Crippen LogP contribution in [0.25, 0.3) is 0 Å². The fraction of sp³-hybridized carbons (Fsp3) is 0.727. The summed E-state index contributed by atoms with van der Waals surface area (Å²) in [5.74, 6) is 0.246. The molecule has 0 aromatic rings. The van der Waals surface area contributed by atoms with Crippen molar-refractivity contribution in [3.05, 3.63) is 11.6 Å². The molecule has 0 aromatic heterocycles. The zero-order valence-corrected chi connectivity index (χ0v) is 9.77. The van der Waals surface area contributed by atoms with Gasteiger partial charge in [0, 0.05) is 0 Å². The van der Waals surface area contributed by atoms with Gasteiger partial charge in [-0.05, 0) is 12.3 Å². The van der Waals surface area contributed by atoms with E-state index in [-0.39, 0.29) is 5.03 Å². The quantitative estimate of drug-likeness (QED) is 0.372. The van der Waals surface area contributed by atoms with Crippen molar-refractivity contribution in [1.29, 1.82) is 0 Å². The first-order chi connectivity index (χ1) is 6.54. The summed E-state index contributed by atoms with van der Waals surface area (Å²) >= 11 is 5.34. The number of rotatable bonds is 7. The second-order valence-corrected chi connectivity index (χ2v) is 4.24. The largest absolute Gasteiger partial charge is 0.461 e. The third-order valence-electron chi connectivity index (χ3n) is 1.88. The fourth-order valence-electron chi connectivity index (χ4n) is 1.07. The molecule has 14 heavy (non-hydrogen) atoms. The van der Waals surface area contributed by atoms with Crippen LogP contribution in [-0.4, -0.2) is 12.6 Å². The maximum absolute atomic E-state index is 10.8. The smallest absolute Gasteiger partial charge is 0.349 e. The molecule has 0 saturated heterocycles. The summed E-state index contributed by atoms with van der Waals surface area (Å²) in [5, 5.41) is -0.0489. The first-order valence-corrected chi connectivity index (χ1v) is 5.43. The second kappa shape index (κ2) is 7.86. The van der Waals surface area contributed by atoms with E-state index >= 15 is 0 Å². The van der Waals surface area contributed by atoms with Gasteiger partial charge >= 0.3 is 5.97 Å². The lowest BCUT2D eigenvalue weighted by Crippen LogP contribution is -2.05. The van der Waals surface area contributed by atoms with Crippen molar-refractivity contribution >= 4 is 17.6 Å². The minimum absolute atomic E-state index is 0.0489. The highest BCUT2D eigenvalue weighted by molar-refractivity contribution is 6.40. The number of hydrogen-bond acceptors (Lipinski definition) is 2. The fourth-order valence-corrected chi connectivity index (χ4v) is 1.13. The van der Waals surface area contributed by atoms with Crippen LogP contribution in [0, 0.1) is 5.92 Å². The van der Waals surface area contributed by atoms with Crippen LogP contribution in [-0.2, 0) is 9.53 Å². The molecule has 0 heterocycles. The minimum Gasteiger partial charge on any atom is -0.461 e. The van der Waals surface area contributed by atoms with Gasteiger partial charge in [0.25, 0.3) is 0 Å². The van der Waals surface area contributed by atoms with Crippen molar-refractivity contribution in [2.75, 3.05) is 6.61 Å². The van der Waals surface area contributed by atoms with Crippen LogP contribution in [0.4, 0.5) is 0 Å². The summed E-state index contributed by atoms with van der Waals surface area (Å²) in [6.07, 6.45) is 4.43. The summed E-state index contributed by atoms with van der Waals surface area (Å²) < 4.78 is 4.84. The first-order valence-electron chi connectivity index (χ1n) is 5.05. The minimum atomic E-state index is -0.504. The Morgan fingerprint density at radius 2 is 2.00 bits per heavy atom. The molecule has 0 aromatic carbocycles. The number of hydrogen-bond donors (Lipinski definition) is 0. The third-order valence-corrected chi connectivity index (χ3v) is 2.03. The second-order valence-electron chi connectivity index (χ2n) is 3.78. The van der Waals surface area contributed by atoms with Gasteiger partial charge in [-0.15, -0.1) is 0 Å². The molecule has 0 aliphatic rings. The van der Waals surface area contributed by atoms with Crippen LogP contribution in [0.5, 0.6) is 0 Å². The van der Waals surface area contributed by atoms with Crippen LogP contribution in [0.1, 0.15) is 39.5 Å². The molecule has 0 amide bonds. The zero-order chi connectivity index (χ0) is 11.0. The molecule has 0 aliphatic carbocycles. The lowest BCUT2D eigenvalue weighted by molar-refractivity contribution is -0.138. The van der Waals surface area contributed by atoms with E-state index in [0.717, 1.165) is 18.8 Å². The van der Waals surface area contributed by atoms with Gasteiger partial charge in [0.15, 0.2) is 0 Å². The first kappa shape index (κ1) is 13.5. The molecule has 0 aliphatic heterocycles. The standard InChI is InChI=1S/C11H19ClO2/c1-9(2)7-5-4-6-8-14-11(13)10(3)12/h9H,3-8H2,1-2H3. The Bertz CT molecular complexity index is 188. The molecule has 0 N–H and O–H groups in total. The van der Waals surface area contributed by atoms with Gasteiger partial charge < -0.3 is 4.74 Å². The number of ether oxygens (including phenoxy) is 1. The molecule has 0 fully saturated rings. The number of carbonyl (C=O) groups excluding carboxylic acids is 1. The Morgan fingerprint density at radius 3 is 2.50 bits per heavy atom. The van der Waals surface area contributed by atoms with E-state index < -0.39 is 5.97 Å². The Kier molecular flexibility index (Phi) is 7.58. The topological polar surface area (TPSA) is 26.3 Å². The van der Waals surface area contributed by atoms with Gasteiger partial charge in [0.05, 0.1) is 6.61 Å². The van der Waals surface area contributed by atoms with Gasteiger partial charge in [0.2, 0.25) is 0 Å². The molecular formula is C11H19ClO2. The molecule has 0 radical (unpaired) electrons. The molecule has 0 saturated carbocycles. The van der Waals surface area contributed by atoms with E-state index in [1.54, 1.807) is 0 Å². The van der Waals surface area contributed by atoms with Crippen LogP contribution in [0.2, 0.25) is 0 Å². The third kappa shape index (κ3) is 8.11. The monoisotopic (exact) mass is 218 g/mol. The maximum Gasteiger partial charge on any atom is 0.349 e. The summed E-state index contributed by atoms with van der Waals surface area (Å²) in [4.78, 5) is 10.8. The normalized spacial score (nSPS) is 10.3. The van der Waals surface area contributed by atoms with E-state index in [1.165, 1.54) is 12.8 Å². The predicted octanol–water partition coefficient (Wildman–Crippen LogP) is 3.50. The summed E-state index contributed by atoms with van der Waals surface area (Å²) in [5.41, 5.74) is 0. The Labute approximate surface area is 91.3 Å². The van der Waals surface area contributed by atoms with Crippen molar-refractivity contribution < 1.29 is 9.53 Å². The number of halogens is 1. The highest BCUT2D eigenvalue weighted by atomic mass is 35.5. The lowest BCUT2D eigenvalue weighted by Gasteiger charge is -2.05. The summed E-state index contributed by atoms with van der Waals surface area (Å²) in [6.45, 7) is 8.14. The van der Waals surface area contributed by atoms with E-state index in [4.69, 9.17) is 16.3 Å². The Morgan fingerprint density at radius 1 is 1.36 bits per heavy atom. The Hall–Kier alpha value is -0.500. The van der Waals surface area contributed by atoms with E-state index in [1.807, 2.05) is 0 Å². The molecule has 0 spiro atoms. The molecule has 82 valence electrons. The van der Waals surface area contributed by atoms with Crippen molar-refractivity contribution in [1.82, 2.24) is 0 Å². The van der Waals surface area contributed by atoms with Gasteiger partial charge in [-0.3, -0.25) is 0 Å². The molecule has 0 bridgehead atoms. The van der Waals surface area contributed by atoms with Crippen molar-refractivity contribution in [2.45, 2.75) is 39.5 Å². The van der Waals surface area contributed by atoms with Crippen molar-refractivity contribution in [3.8, 4) is 0 Å². The van der Waals surface area contributed by atoms with Crippen LogP contribution in [0.3, 0.4) is 0 Å². The number of carbonyl (C=O) groups is 1. The molecular weight excluding hydrogens is 200 g/mol. The molecule has 0 atom stereocenters. The maximum atomic E-state index is 10.8. The van der Waals surface area contributed by atoms with E-state index in [2.05, 4.69) is 20.4 Å². The average molecular weight is 219 g/mol. The average Bonchev–Trinajstić information content (AvgIpc) is 2.09. The van der Waals surface area contributed by atoms with E-state index in [0.29, 0.717) is 6.61 Å². The predicted molar refractivity (Wildman–Crippen MR) is 59.3 cm³/mol. The highest BCUT2D eigenvalue weighted by Gasteiger charge is 2.03. The summed E-state index contributed by atoms with van der Waals surface area (Å²) in [6, 6.07) is 0. The SMILES string of the molecule is C=C(Cl)C(=O)OCCCCCC(C)C. The highest BCUT2D eigenvalue weighted by Crippen LogP contribution is 2.08. The van der Waals surface area contributed by atoms with Crippen LogP contribution in [0.15, 0.2) is 11.6 Å². The zero-order valence-electron chi connectivity index (χ0n) is 9.01. The van der Waals surface area contributed by atoms with Crippen molar-refractivity contribution in [3.63, 3.8) is 0 Å². The van der Waals surface area contributed by atoms with Gasteiger partial charge in [-0.2, -0.15) is 0 Å². The Balaban J connectivity index is 3.22. The van der Waals surface area contributed by atoms with E-state index in [9.17, 15) is 4.79 Å². The van der Waals surface area contributed by atoms with Crippen LogP contribution >= 0.6 is 11.6 Å². The number of unbranched alkanes of at least 4 members (excludes halogenated alkanes) is 2. The van der Waals surface area contributed by atoms with Gasteiger partial charge in [-0.1, -0.05) is 51.3 Å². The molecule has 0 unspecified atom stereocenters.